The highest BCUT2D eigenvalue weighted by Gasteiger charge is 2.26. The molecule has 1 aliphatic heterocycles. The highest BCUT2D eigenvalue weighted by Crippen LogP contribution is 2.34. The van der Waals surface area contributed by atoms with Gasteiger partial charge in [0.05, 0.1) is 6.42 Å². The standard InChI is InChI=1S/C14H11N5O3S/c1-17-10-3-2-9(6-8(10)7-11(17)20)15-12-13(19(21)22)18-4-5-23-14(18)16-12/h2-6,15H,7H2,1H3. The first-order valence-electron chi connectivity index (χ1n) is 6.81. The normalized spacial score (nSPS) is 13.6. The molecule has 0 aliphatic carbocycles. The summed E-state index contributed by atoms with van der Waals surface area (Å²) < 4.78 is 1.44. The molecule has 1 aliphatic rings. The van der Waals surface area contributed by atoms with Gasteiger partial charge in [0.15, 0.2) is 0 Å². The predicted octanol–water partition coefficient (Wildman–Crippen LogP) is 2.57. The molecular formula is C14H11N5O3S. The summed E-state index contributed by atoms with van der Waals surface area (Å²) >= 11 is 1.33. The monoisotopic (exact) mass is 329 g/mol. The molecule has 0 fully saturated rings. The number of carbonyl (C=O) groups is 1. The van der Waals surface area contributed by atoms with Crippen molar-refractivity contribution in [1.82, 2.24) is 9.38 Å². The van der Waals surface area contributed by atoms with Crippen LogP contribution >= 0.6 is 11.3 Å². The molecule has 0 saturated heterocycles. The Labute approximate surface area is 134 Å². The lowest BCUT2D eigenvalue weighted by Gasteiger charge is -2.10. The number of benzene rings is 1. The van der Waals surface area contributed by atoms with Crippen LogP contribution in [0.5, 0.6) is 0 Å². The van der Waals surface area contributed by atoms with Crippen LogP contribution in [0.2, 0.25) is 0 Å². The summed E-state index contributed by atoms with van der Waals surface area (Å²) in [5.74, 6) is 0.125. The molecule has 3 aromatic rings. The number of thiazole rings is 1. The zero-order valence-electron chi connectivity index (χ0n) is 12.0. The molecule has 0 spiro atoms. The van der Waals surface area contributed by atoms with Crippen molar-refractivity contribution < 1.29 is 9.72 Å². The number of carbonyl (C=O) groups excluding carboxylic acids is 1. The Balaban J connectivity index is 1.73. The fourth-order valence-corrected chi connectivity index (χ4v) is 3.43. The van der Waals surface area contributed by atoms with E-state index in [0.717, 1.165) is 11.3 Å². The van der Waals surface area contributed by atoms with Gasteiger partial charge in [0, 0.05) is 23.8 Å². The van der Waals surface area contributed by atoms with Crippen molar-refractivity contribution in [2.24, 2.45) is 0 Å². The van der Waals surface area contributed by atoms with E-state index in [2.05, 4.69) is 10.3 Å². The van der Waals surface area contributed by atoms with Gasteiger partial charge in [-0.15, -0.1) is 0 Å². The molecule has 23 heavy (non-hydrogen) atoms. The van der Waals surface area contributed by atoms with Gasteiger partial charge in [-0.1, -0.05) is 11.3 Å². The molecule has 9 heteroatoms. The summed E-state index contributed by atoms with van der Waals surface area (Å²) in [6, 6.07) is 5.44. The highest BCUT2D eigenvalue weighted by atomic mass is 32.1. The van der Waals surface area contributed by atoms with Crippen molar-refractivity contribution in [2.45, 2.75) is 6.42 Å². The zero-order chi connectivity index (χ0) is 16.1. The van der Waals surface area contributed by atoms with Gasteiger partial charge in [-0.05, 0) is 28.7 Å². The Morgan fingerprint density at radius 2 is 2.26 bits per heavy atom. The van der Waals surface area contributed by atoms with Crippen LogP contribution < -0.4 is 10.2 Å². The summed E-state index contributed by atoms with van der Waals surface area (Å²) in [5.41, 5.74) is 2.42. The van der Waals surface area contributed by atoms with Crippen molar-refractivity contribution in [3.63, 3.8) is 0 Å². The van der Waals surface area contributed by atoms with E-state index in [0.29, 0.717) is 17.1 Å². The number of nitrogens with one attached hydrogen (secondary N) is 1. The number of hydrogen-bond acceptors (Lipinski definition) is 6. The van der Waals surface area contributed by atoms with Gasteiger partial charge in [0.2, 0.25) is 11.7 Å². The fourth-order valence-electron chi connectivity index (χ4n) is 2.72. The van der Waals surface area contributed by atoms with Crippen molar-refractivity contribution in [2.75, 3.05) is 17.3 Å². The van der Waals surface area contributed by atoms with Crippen molar-refractivity contribution in [3.05, 3.63) is 45.5 Å². The van der Waals surface area contributed by atoms with Crippen LogP contribution in [-0.2, 0) is 11.2 Å². The molecule has 4 rings (SSSR count). The van der Waals surface area contributed by atoms with Gasteiger partial charge in [-0.2, -0.15) is 9.38 Å². The third kappa shape index (κ3) is 2.05. The second-order valence-electron chi connectivity index (χ2n) is 5.19. The third-order valence-electron chi connectivity index (χ3n) is 3.83. The minimum Gasteiger partial charge on any atom is -0.358 e. The Hall–Kier alpha value is -2.94. The average molecular weight is 329 g/mol. The maximum Gasteiger partial charge on any atom is 0.373 e. The molecule has 0 saturated carbocycles. The number of anilines is 3. The van der Waals surface area contributed by atoms with Crippen LogP contribution in [0.25, 0.3) is 4.96 Å². The Morgan fingerprint density at radius 3 is 3.04 bits per heavy atom. The van der Waals surface area contributed by atoms with E-state index in [1.807, 2.05) is 12.1 Å². The van der Waals surface area contributed by atoms with Crippen molar-refractivity contribution in [3.8, 4) is 0 Å². The number of amides is 1. The first-order chi connectivity index (χ1) is 11.0. The van der Waals surface area contributed by atoms with Gasteiger partial charge in [0.25, 0.3) is 4.96 Å². The molecule has 0 radical (unpaired) electrons. The van der Waals surface area contributed by atoms with E-state index in [-0.39, 0.29) is 17.5 Å². The largest absolute Gasteiger partial charge is 0.373 e. The fraction of sp³-hybridized carbons (Fsp3) is 0.143. The summed E-state index contributed by atoms with van der Waals surface area (Å²) in [5, 5.41) is 16.1. The lowest BCUT2D eigenvalue weighted by Crippen LogP contribution is -2.20. The Kier molecular flexibility index (Phi) is 2.85. The Bertz CT molecular complexity index is 961. The SMILES string of the molecule is CN1C(=O)Cc2cc(Nc3nc4sccn4c3[N+](=O)[O-])ccc21. The summed E-state index contributed by atoms with van der Waals surface area (Å²) in [6.07, 6.45) is 1.95. The highest BCUT2D eigenvalue weighted by molar-refractivity contribution is 7.15. The van der Waals surface area contributed by atoms with Gasteiger partial charge in [-0.25, -0.2) is 0 Å². The summed E-state index contributed by atoms with van der Waals surface area (Å²) in [4.78, 5) is 29.0. The molecule has 1 amide bonds. The van der Waals surface area contributed by atoms with Crippen LogP contribution in [0.4, 0.5) is 23.0 Å². The van der Waals surface area contributed by atoms with E-state index < -0.39 is 4.92 Å². The molecule has 2 aromatic heterocycles. The zero-order valence-corrected chi connectivity index (χ0v) is 12.8. The van der Waals surface area contributed by atoms with Crippen LogP contribution in [0.3, 0.4) is 0 Å². The molecule has 8 nitrogen and oxygen atoms in total. The lowest BCUT2D eigenvalue weighted by atomic mass is 10.1. The molecule has 1 N–H and O–H groups in total. The number of nitrogens with zero attached hydrogens (tertiary/aromatic N) is 4. The topological polar surface area (TPSA) is 92.8 Å². The molecule has 3 heterocycles. The number of hydrogen-bond donors (Lipinski definition) is 1. The predicted molar refractivity (Wildman–Crippen MR) is 86.6 cm³/mol. The number of nitro groups is 1. The second-order valence-corrected chi connectivity index (χ2v) is 6.07. The van der Waals surface area contributed by atoms with Gasteiger partial charge >= 0.3 is 5.82 Å². The third-order valence-corrected chi connectivity index (χ3v) is 4.59. The number of imidazole rings is 1. The second kappa shape index (κ2) is 4.78. The average Bonchev–Trinajstić information content (AvgIpc) is 3.13. The molecule has 1 aromatic carbocycles. The van der Waals surface area contributed by atoms with Crippen molar-refractivity contribution >= 4 is 45.2 Å². The number of rotatable bonds is 3. The van der Waals surface area contributed by atoms with E-state index in [4.69, 9.17) is 0 Å². The first-order valence-corrected chi connectivity index (χ1v) is 7.69. The van der Waals surface area contributed by atoms with E-state index in [9.17, 15) is 14.9 Å². The van der Waals surface area contributed by atoms with E-state index in [1.165, 1.54) is 15.7 Å². The minimum absolute atomic E-state index is 0.0330. The van der Waals surface area contributed by atoms with Crippen LogP contribution in [0.15, 0.2) is 29.8 Å². The van der Waals surface area contributed by atoms with Crippen LogP contribution in [0.1, 0.15) is 5.56 Å². The van der Waals surface area contributed by atoms with Crippen LogP contribution in [-0.4, -0.2) is 27.3 Å². The number of likely N-dealkylation sites (N-methyl/N-ethyl adjacent to an activating group) is 1. The minimum atomic E-state index is -0.459. The Morgan fingerprint density at radius 1 is 1.43 bits per heavy atom. The number of fused-ring (bicyclic) bond motifs is 2. The van der Waals surface area contributed by atoms with Crippen molar-refractivity contribution in [1.29, 1.82) is 0 Å². The number of aromatic nitrogens is 2. The van der Waals surface area contributed by atoms with Crippen LogP contribution in [0, 0.1) is 10.1 Å². The lowest BCUT2D eigenvalue weighted by molar-refractivity contribution is -0.389. The summed E-state index contributed by atoms with van der Waals surface area (Å²) in [7, 11) is 1.73. The molecule has 0 unspecified atom stereocenters. The van der Waals surface area contributed by atoms with Gasteiger partial charge in [-0.3, -0.25) is 4.79 Å². The molecule has 116 valence electrons. The maximum atomic E-state index is 11.7. The van der Waals surface area contributed by atoms with Gasteiger partial charge in [0.1, 0.15) is 6.20 Å². The maximum absolute atomic E-state index is 11.7. The first kappa shape index (κ1) is 13.7. The molecule has 0 atom stereocenters. The van der Waals surface area contributed by atoms with E-state index in [1.54, 1.807) is 29.6 Å². The van der Waals surface area contributed by atoms with E-state index >= 15 is 0 Å². The quantitative estimate of drug-likeness (QED) is 0.589. The van der Waals surface area contributed by atoms with Gasteiger partial charge < -0.3 is 20.3 Å². The molecular weight excluding hydrogens is 318 g/mol. The molecule has 0 bridgehead atoms. The smallest absolute Gasteiger partial charge is 0.358 e. The summed E-state index contributed by atoms with van der Waals surface area (Å²) in [6.45, 7) is 0.